The van der Waals surface area contributed by atoms with E-state index in [2.05, 4.69) is 31.3 Å². The Labute approximate surface area is 96.9 Å². The van der Waals surface area contributed by atoms with Gasteiger partial charge in [-0.1, -0.05) is 12.8 Å². The molecule has 0 amide bonds. The van der Waals surface area contributed by atoms with Crippen molar-refractivity contribution in [1.29, 1.82) is 0 Å². The first-order valence-electron chi connectivity index (χ1n) is 6.04. The Morgan fingerprint density at radius 1 is 1.40 bits per heavy atom. The number of nitrogens with one attached hydrogen (secondary N) is 1. The minimum absolute atomic E-state index is 0.690. The summed E-state index contributed by atoms with van der Waals surface area (Å²) < 4.78 is 0. The molecule has 1 atom stereocenters. The first-order chi connectivity index (χ1) is 7.25. The van der Waals surface area contributed by atoms with E-state index < -0.39 is 0 Å². The largest absolute Gasteiger partial charge is 0.309 e. The maximum atomic E-state index is 3.66. The number of hydrogen-bond acceptors (Lipinski definition) is 2. The monoisotopic (exact) mass is 223 g/mol. The fourth-order valence-electron chi connectivity index (χ4n) is 2.47. The highest BCUT2D eigenvalue weighted by Gasteiger charge is 2.20. The molecule has 15 heavy (non-hydrogen) atoms. The molecule has 1 aromatic rings. The van der Waals surface area contributed by atoms with E-state index >= 15 is 0 Å². The van der Waals surface area contributed by atoms with Crippen LogP contribution in [0.2, 0.25) is 0 Å². The van der Waals surface area contributed by atoms with Gasteiger partial charge in [-0.3, -0.25) is 0 Å². The third kappa shape index (κ3) is 3.05. The molecule has 1 saturated carbocycles. The van der Waals surface area contributed by atoms with Crippen LogP contribution in [0, 0.1) is 12.8 Å². The number of thiophene rings is 1. The lowest BCUT2D eigenvalue weighted by atomic mass is 10.00. The first-order valence-corrected chi connectivity index (χ1v) is 6.86. The molecular weight excluding hydrogens is 202 g/mol. The van der Waals surface area contributed by atoms with E-state index in [1.807, 2.05) is 11.3 Å². The molecule has 0 radical (unpaired) electrons. The van der Waals surface area contributed by atoms with Gasteiger partial charge in [-0.25, -0.2) is 0 Å². The van der Waals surface area contributed by atoms with E-state index in [0.717, 1.165) is 12.5 Å². The van der Waals surface area contributed by atoms with Crippen molar-refractivity contribution in [3.05, 3.63) is 21.9 Å². The van der Waals surface area contributed by atoms with Crippen LogP contribution in [0.15, 0.2) is 12.1 Å². The van der Waals surface area contributed by atoms with Gasteiger partial charge in [0.2, 0.25) is 0 Å². The third-order valence-electron chi connectivity index (χ3n) is 3.50. The first kappa shape index (κ1) is 11.2. The van der Waals surface area contributed by atoms with Gasteiger partial charge in [0.1, 0.15) is 0 Å². The fourth-order valence-corrected chi connectivity index (χ4v) is 3.31. The quantitative estimate of drug-likeness (QED) is 0.820. The van der Waals surface area contributed by atoms with E-state index in [4.69, 9.17) is 0 Å². The predicted molar refractivity (Wildman–Crippen MR) is 67.3 cm³/mol. The van der Waals surface area contributed by atoms with Gasteiger partial charge in [-0.05, 0) is 44.7 Å². The molecule has 1 nitrogen and oxygen atoms in total. The Morgan fingerprint density at radius 3 is 2.73 bits per heavy atom. The van der Waals surface area contributed by atoms with Crippen molar-refractivity contribution in [2.45, 2.75) is 52.1 Å². The van der Waals surface area contributed by atoms with Crippen LogP contribution in [0.3, 0.4) is 0 Å². The molecule has 1 aliphatic carbocycles. The molecule has 2 rings (SSSR count). The van der Waals surface area contributed by atoms with Gasteiger partial charge in [-0.15, -0.1) is 11.3 Å². The van der Waals surface area contributed by atoms with Gasteiger partial charge in [0.25, 0.3) is 0 Å². The van der Waals surface area contributed by atoms with Crippen molar-refractivity contribution < 1.29 is 0 Å². The summed E-state index contributed by atoms with van der Waals surface area (Å²) in [5, 5.41) is 3.66. The molecule has 2 heteroatoms. The van der Waals surface area contributed by atoms with Crippen LogP contribution in [-0.2, 0) is 6.54 Å². The predicted octanol–water partition coefficient (Wildman–Crippen LogP) is 3.72. The zero-order valence-electron chi connectivity index (χ0n) is 9.75. The highest BCUT2D eigenvalue weighted by Crippen LogP contribution is 2.27. The smallest absolute Gasteiger partial charge is 0.0302 e. The molecule has 0 unspecified atom stereocenters. The van der Waals surface area contributed by atoms with Crippen molar-refractivity contribution >= 4 is 11.3 Å². The van der Waals surface area contributed by atoms with Gasteiger partial charge >= 0.3 is 0 Å². The second-order valence-corrected chi connectivity index (χ2v) is 6.10. The fraction of sp³-hybridized carbons (Fsp3) is 0.692. The number of aryl methyl sites for hydroxylation is 1. The SMILES string of the molecule is Cc1ccc(CN[C@@H](C)C2CCCC2)s1. The molecule has 0 aliphatic heterocycles. The van der Waals surface area contributed by atoms with Crippen LogP contribution in [-0.4, -0.2) is 6.04 Å². The van der Waals surface area contributed by atoms with Crippen molar-refractivity contribution in [3.8, 4) is 0 Å². The Kier molecular flexibility index (Phi) is 3.81. The van der Waals surface area contributed by atoms with Crippen LogP contribution in [0.5, 0.6) is 0 Å². The summed E-state index contributed by atoms with van der Waals surface area (Å²) in [6.45, 7) is 5.57. The standard InChI is InChI=1S/C13H21NS/c1-10-7-8-13(15-10)9-14-11(2)12-5-3-4-6-12/h7-8,11-12,14H,3-6,9H2,1-2H3/t11-/m0/s1. The maximum absolute atomic E-state index is 3.66. The Bertz CT molecular complexity index is 299. The van der Waals surface area contributed by atoms with Crippen molar-refractivity contribution in [3.63, 3.8) is 0 Å². The Hall–Kier alpha value is -0.340. The second-order valence-electron chi connectivity index (χ2n) is 4.73. The molecule has 0 spiro atoms. The Morgan fingerprint density at radius 2 is 2.13 bits per heavy atom. The summed E-state index contributed by atoms with van der Waals surface area (Å²) in [6, 6.07) is 5.14. The minimum Gasteiger partial charge on any atom is -0.309 e. The summed E-state index contributed by atoms with van der Waals surface area (Å²) in [4.78, 5) is 2.89. The molecule has 1 N–H and O–H groups in total. The third-order valence-corrected chi connectivity index (χ3v) is 4.50. The summed E-state index contributed by atoms with van der Waals surface area (Å²) in [5.74, 6) is 0.922. The van der Waals surface area contributed by atoms with Crippen LogP contribution in [0.4, 0.5) is 0 Å². The van der Waals surface area contributed by atoms with E-state index in [1.165, 1.54) is 35.4 Å². The van der Waals surface area contributed by atoms with Gasteiger partial charge in [0.15, 0.2) is 0 Å². The van der Waals surface area contributed by atoms with Crippen molar-refractivity contribution in [2.24, 2.45) is 5.92 Å². The van der Waals surface area contributed by atoms with Crippen LogP contribution in [0.1, 0.15) is 42.4 Å². The number of rotatable bonds is 4. The summed E-state index contributed by atoms with van der Waals surface area (Å²) in [6.07, 6.45) is 5.73. The summed E-state index contributed by atoms with van der Waals surface area (Å²) in [7, 11) is 0. The lowest BCUT2D eigenvalue weighted by molar-refractivity contribution is 0.381. The molecule has 1 fully saturated rings. The zero-order valence-corrected chi connectivity index (χ0v) is 10.6. The van der Waals surface area contributed by atoms with E-state index in [0.29, 0.717) is 6.04 Å². The normalized spacial score (nSPS) is 19.6. The average molecular weight is 223 g/mol. The number of hydrogen-bond donors (Lipinski definition) is 1. The van der Waals surface area contributed by atoms with Crippen molar-refractivity contribution in [2.75, 3.05) is 0 Å². The molecule has 1 aromatic heterocycles. The van der Waals surface area contributed by atoms with Crippen molar-refractivity contribution in [1.82, 2.24) is 5.32 Å². The molecular formula is C13H21NS. The molecule has 0 saturated heterocycles. The molecule has 0 aromatic carbocycles. The van der Waals surface area contributed by atoms with E-state index in [-0.39, 0.29) is 0 Å². The van der Waals surface area contributed by atoms with Crippen LogP contribution in [0.25, 0.3) is 0 Å². The lowest BCUT2D eigenvalue weighted by Gasteiger charge is -2.19. The molecule has 1 aliphatic rings. The Balaban J connectivity index is 1.77. The maximum Gasteiger partial charge on any atom is 0.0302 e. The van der Waals surface area contributed by atoms with Gasteiger partial charge in [0.05, 0.1) is 0 Å². The lowest BCUT2D eigenvalue weighted by Crippen LogP contribution is -2.31. The average Bonchev–Trinajstić information content (AvgIpc) is 2.84. The van der Waals surface area contributed by atoms with E-state index in [9.17, 15) is 0 Å². The van der Waals surface area contributed by atoms with E-state index in [1.54, 1.807) is 0 Å². The zero-order chi connectivity index (χ0) is 10.7. The topological polar surface area (TPSA) is 12.0 Å². The molecule has 0 bridgehead atoms. The summed E-state index contributed by atoms with van der Waals surface area (Å²) in [5.41, 5.74) is 0. The molecule has 84 valence electrons. The highest BCUT2D eigenvalue weighted by atomic mass is 32.1. The van der Waals surface area contributed by atoms with Gasteiger partial charge in [0, 0.05) is 22.3 Å². The highest BCUT2D eigenvalue weighted by molar-refractivity contribution is 7.11. The minimum atomic E-state index is 0.690. The summed E-state index contributed by atoms with van der Waals surface area (Å²) >= 11 is 1.91. The molecule has 1 heterocycles. The van der Waals surface area contributed by atoms with Gasteiger partial charge < -0.3 is 5.32 Å². The second kappa shape index (κ2) is 5.13. The van der Waals surface area contributed by atoms with Crippen LogP contribution >= 0.6 is 11.3 Å². The van der Waals surface area contributed by atoms with Crippen LogP contribution < -0.4 is 5.32 Å². The van der Waals surface area contributed by atoms with Gasteiger partial charge in [-0.2, -0.15) is 0 Å².